The molecule has 1 unspecified atom stereocenters. The average molecular weight is 328 g/mol. The van der Waals surface area contributed by atoms with E-state index in [-0.39, 0.29) is 11.7 Å². The molecule has 1 saturated heterocycles. The van der Waals surface area contributed by atoms with E-state index in [1.54, 1.807) is 6.07 Å². The van der Waals surface area contributed by atoms with E-state index in [0.29, 0.717) is 0 Å². The van der Waals surface area contributed by atoms with Crippen LogP contribution < -0.4 is 4.90 Å². The van der Waals surface area contributed by atoms with E-state index in [4.69, 9.17) is 0 Å². The fourth-order valence-electron chi connectivity index (χ4n) is 3.71. The highest BCUT2D eigenvalue weighted by Gasteiger charge is 2.31. The number of pyridine rings is 1. The van der Waals surface area contributed by atoms with Crippen LogP contribution in [-0.4, -0.2) is 31.2 Å². The van der Waals surface area contributed by atoms with Crippen molar-refractivity contribution in [2.75, 3.05) is 11.4 Å². The van der Waals surface area contributed by atoms with Crippen molar-refractivity contribution in [2.45, 2.75) is 51.1 Å². The lowest BCUT2D eigenvalue weighted by molar-refractivity contribution is -0.385. The molecular weight excluding hydrogens is 308 g/mol. The first-order chi connectivity index (χ1) is 11.7. The summed E-state index contributed by atoms with van der Waals surface area (Å²) < 4.78 is 2.26. The molecule has 4 heterocycles. The summed E-state index contributed by atoms with van der Waals surface area (Å²) in [4.78, 5) is 17.0. The summed E-state index contributed by atoms with van der Waals surface area (Å²) in [6.45, 7) is 1.87. The lowest BCUT2D eigenvalue weighted by Crippen LogP contribution is -2.36. The van der Waals surface area contributed by atoms with Crippen molar-refractivity contribution < 1.29 is 4.92 Å². The lowest BCUT2D eigenvalue weighted by atomic mass is 10.0. The summed E-state index contributed by atoms with van der Waals surface area (Å²) in [5.74, 6) is 2.88. The van der Waals surface area contributed by atoms with Crippen LogP contribution in [0, 0.1) is 10.1 Å². The first-order valence-electron chi connectivity index (χ1n) is 8.53. The Hall–Kier alpha value is -2.51. The Bertz CT molecular complexity index is 742. The van der Waals surface area contributed by atoms with Crippen LogP contribution in [0.5, 0.6) is 0 Å². The number of piperidine rings is 1. The molecule has 0 N–H and O–H groups in total. The molecule has 0 amide bonds. The average Bonchev–Trinajstić information content (AvgIpc) is 3.06. The van der Waals surface area contributed by atoms with Gasteiger partial charge in [-0.1, -0.05) is 0 Å². The number of hydrogen-bond donors (Lipinski definition) is 0. The van der Waals surface area contributed by atoms with Gasteiger partial charge in [-0.15, -0.1) is 10.2 Å². The second kappa shape index (κ2) is 6.18. The molecule has 8 heteroatoms. The minimum Gasteiger partial charge on any atom is -0.346 e. The van der Waals surface area contributed by atoms with Gasteiger partial charge in [0.05, 0.1) is 11.0 Å². The number of aromatic nitrogens is 4. The Balaban J connectivity index is 1.66. The first kappa shape index (κ1) is 15.0. The van der Waals surface area contributed by atoms with E-state index in [1.165, 1.54) is 25.1 Å². The zero-order valence-corrected chi connectivity index (χ0v) is 13.5. The predicted octanol–water partition coefficient (Wildman–Crippen LogP) is 2.65. The fraction of sp³-hybridized carbons (Fsp3) is 0.562. The van der Waals surface area contributed by atoms with Crippen LogP contribution in [0.3, 0.4) is 0 Å². The van der Waals surface area contributed by atoms with Gasteiger partial charge in [0.1, 0.15) is 17.8 Å². The molecule has 24 heavy (non-hydrogen) atoms. The molecule has 1 fully saturated rings. The van der Waals surface area contributed by atoms with Crippen molar-refractivity contribution in [3.05, 3.63) is 40.1 Å². The maximum Gasteiger partial charge on any atom is 0.287 e. The van der Waals surface area contributed by atoms with Crippen molar-refractivity contribution in [1.82, 2.24) is 19.7 Å². The zero-order valence-electron chi connectivity index (χ0n) is 13.5. The van der Waals surface area contributed by atoms with Crippen molar-refractivity contribution in [3.63, 3.8) is 0 Å². The Morgan fingerprint density at radius 2 is 2.00 bits per heavy atom. The predicted molar refractivity (Wildman–Crippen MR) is 87.8 cm³/mol. The van der Waals surface area contributed by atoms with Gasteiger partial charge in [-0.2, -0.15) is 0 Å². The van der Waals surface area contributed by atoms with Gasteiger partial charge < -0.3 is 9.47 Å². The van der Waals surface area contributed by atoms with E-state index >= 15 is 0 Å². The minimum atomic E-state index is -0.417. The quantitative estimate of drug-likeness (QED) is 0.635. The number of aryl methyl sites for hydroxylation is 1. The lowest BCUT2D eigenvalue weighted by Gasteiger charge is -2.36. The van der Waals surface area contributed by atoms with Gasteiger partial charge >= 0.3 is 0 Å². The largest absolute Gasteiger partial charge is 0.346 e. The SMILES string of the molecule is O=[N+]([O-])c1ccc(N2CCCCC2c2nnc3n2CCCC3)nc1. The highest BCUT2D eigenvalue weighted by molar-refractivity contribution is 5.45. The summed E-state index contributed by atoms with van der Waals surface area (Å²) in [6.07, 6.45) is 7.93. The topological polar surface area (TPSA) is 90.0 Å². The highest BCUT2D eigenvalue weighted by atomic mass is 16.6. The standard InChI is InChI=1S/C16H20N6O2/c23-22(24)12-7-8-14(17-11-12)20-9-3-1-5-13(20)16-19-18-15-6-2-4-10-21(15)16/h7-8,11,13H,1-6,9-10H2. The van der Waals surface area contributed by atoms with Crippen LogP contribution in [0.1, 0.15) is 49.8 Å². The van der Waals surface area contributed by atoms with E-state index < -0.39 is 4.92 Å². The number of anilines is 1. The number of rotatable bonds is 3. The Kier molecular flexibility index (Phi) is 3.87. The van der Waals surface area contributed by atoms with Crippen LogP contribution in [0.2, 0.25) is 0 Å². The Morgan fingerprint density at radius 1 is 1.12 bits per heavy atom. The van der Waals surface area contributed by atoms with E-state index in [9.17, 15) is 10.1 Å². The van der Waals surface area contributed by atoms with Gasteiger partial charge in [0.15, 0.2) is 5.82 Å². The summed E-state index contributed by atoms with van der Waals surface area (Å²) in [5, 5.41) is 19.7. The summed E-state index contributed by atoms with van der Waals surface area (Å²) in [5.41, 5.74) is 0.0205. The molecule has 2 aliphatic rings. The first-order valence-corrected chi connectivity index (χ1v) is 8.53. The molecule has 0 saturated carbocycles. The normalized spacial score (nSPS) is 20.7. The molecule has 0 aliphatic carbocycles. The zero-order chi connectivity index (χ0) is 16.5. The number of nitro groups is 1. The van der Waals surface area contributed by atoms with Crippen LogP contribution in [0.15, 0.2) is 18.3 Å². The third kappa shape index (κ3) is 2.61. The Morgan fingerprint density at radius 3 is 2.79 bits per heavy atom. The van der Waals surface area contributed by atoms with Gasteiger partial charge in [-0.25, -0.2) is 4.98 Å². The van der Waals surface area contributed by atoms with E-state index in [0.717, 1.165) is 56.2 Å². The number of hydrogen-bond acceptors (Lipinski definition) is 6. The van der Waals surface area contributed by atoms with Crippen LogP contribution >= 0.6 is 0 Å². The molecule has 2 aromatic heterocycles. The fourth-order valence-corrected chi connectivity index (χ4v) is 3.71. The third-order valence-electron chi connectivity index (χ3n) is 4.93. The molecule has 8 nitrogen and oxygen atoms in total. The summed E-state index contributed by atoms with van der Waals surface area (Å²) >= 11 is 0. The number of nitrogens with zero attached hydrogens (tertiary/aromatic N) is 6. The second-order valence-corrected chi connectivity index (χ2v) is 6.42. The van der Waals surface area contributed by atoms with Gasteiger partial charge in [-0.05, 0) is 38.2 Å². The highest BCUT2D eigenvalue weighted by Crippen LogP contribution is 2.34. The molecular formula is C16H20N6O2. The maximum absolute atomic E-state index is 10.8. The van der Waals surface area contributed by atoms with Crippen molar-refractivity contribution >= 4 is 11.5 Å². The molecule has 0 radical (unpaired) electrons. The molecule has 2 aromatic rings. The van der Waals surface area contributed by atoms with E-state index in [2.05, 4.69) is 24.6 Å². The smallest absolute Gasteiger partial charge is 0.287 e. The monoisotopic (exact) mass is 328 g/mol. The molecule has 1 atom stereocenters. The van der Waals surface area contributed by atoms with Gasteiger partial charge in [0.25, 0.3) is 5.69 Å². The number of fused-ring (bicyclic) bond motifs is 1. The van der Waals surface area contributed by atoms with Crippen LogP contribution in [-0.2, 0) is 13.0 Å². The van der Waals surface area contributed by atoms with Gasteiger partial charge in [-0.3, -0.25) is 10.1 Å². The summed E-state index contributed by atoms with van der Waals surface area (Å²) in [6, 6.07) is 3.41. The van der Waals surface area contributed by atoms with Crippen molar-refractivity contribution in [2.24, 2.45) is 0 Å². The molecule has 126 valence electrons. The molecule has 0 bridgehead atoms. The molecule has 2 aliphatic heterocycles. The van der Waals surface area contributed by atoms with Crippen molar-refractivity contribution in [1.29, 1.82) is 0 Å². The third-order valence-corrected chi connectivity index (χ3v) is 4.93. The van der Waals surface area contributed by atoms with Crippen LogP contribution in [0.4, 0.5) is 11.5 Å². The van der Waals surface area contributed by atoms with Gasteiger partial charge in [0, 0.05) is 25.6 Å². The molecule has 0 spiro atoms. The Labute approximate surface area is 139 Å². The molecule has 0 aromatic carbocycles. The maximum atomic E-state index is 10.8. The van der Waals surface area contributed by atoms with Gasteiger partial charge in [0.2, 0.25) is 0 Å². The minimum absolute atomic E-state index is 0.0205. The summed E-state index contributed by atoms with van der Waals surface area (Å²) in [7, 11) is 0. The van der Waals surface area contributed by atoms with Crippen LogP contribution in [0.25, 0.3) is 0 Å². The second-order valence-electron chi connectivity index (χ2n) is 6.42. The molecule has 4 rings (SSSR count). The van der Waals surface area contributed by atoms with Crippen molar-refractivity contribution in [3.8, 4) is 0 Å². The van der Waals surface area contributed by atoms with E-state index in [1.807, 2.05) is 0 Å².